The van der Waals surface area contributed by atoms with Crippen molar-refractivity contribution in [3.8, 4) is 11.5 Å². The van der Waals surface area contributed by atoms with Gasteiger partial charge in [-0.05, 0) is 66.4 Å². The number of nitrogens with two attached hydrogens (primary N) is 1. The molecule has 2 aromatic carbocycles. The number of fused-ring (bicyclic) bond motifs is 1. The molecule has 0 unspecified atom stereocenters. The van der Waals surface area contributed by atoms with Crippen molar-refractivity contribution < 1.29 is 9.53 Å². The van der Waals surface area contributed by atoms with Gasteiger partial charge in [-0.3, -0.25) is 9.69 Å². The molecular formula is C24H26N2O2. The third-order valence-electron chi connectivity index (χ3n) is 4.76. The maximum absolute atomic E-state index is 11.2. The molecule has 0 aliphatic carbocycles. The Hall–Kier alpha value is -3.11. The molecule has 1 aliphatic heterocycles. The third-order valence-corrected chi connectivity index (χ3v) is 4.76. The van der Waals surface area contributed by atoms with E-state index in [2.05, 4.69) is 41.8 Å². The molecule has 0 bridgehead atoms. The highest BCUT2D eigenvalue weighted by Crippen LogP contribution is 2.28. The van der Waals surface area contributed by atoms with E-state index >= 15 is 0 Å². The molecule has 28 heavy (non-hydrogen) atoms. The van der Waals surface area contributed by atoms with Crippen LogP contribution in [0.25, 0.3) is 0 Å². The molecule has 1 aliphatic rings. The Bertz CT molecular complexity index is 911. The first kappa shape index (κ1) is 19.6. The molecule has 0 fully saturated rings. The van der Waals surface area contributed by atoms with Gasteiger partial charge in [0.05, 0.1) is 0 Å². The Kier molecular flexibility index (Phi) is 6.45. The molecule has 0 saturated carbocycles. The summed E-state index contributed by atoms with van der Waals surface area (Å²) in [5.41, 5.74) is 9.67. The number of amides is 1. The van der Waals surface area contributed by atoms with Gasteiger partial charge in [0.1, 0.15) is 11.5 Å². The van der Waals surface area contributed by atoms with Gasteiger partial charge >= 0.3 is 0 Å². The second-order valence-corrected chi connectivity index (χ2v) is 6.86. The van der Waals surface area contributed by atoms with Gasteiger partial charge in [-0.25, -0.2) is 0 Å². The van der Waals surface area contributed by atoms with Gasteiger partial charge in [0.15, 0.2) is 0 Å². The van der Waals surface area contributed by atoms with E-state index in [9.17, 15) is 4.79 Å². The molecule has 2 N–H and O–H groups in total. The van der Waals surface area contributed by atoms with E-state index < -0.39 is 5.91 Å². The molecule has 2 aromatic rings. The molecule has 1 heterocycles. The van der Waals surface area contributed by atoms with Crippen LogP contribution in [0.1, 0.15) is 28.4 Å². The minimum atomic E-state index is -0.439. The van der Waals surface area contributed by atoms with E-state index in [0.29, 0.717) is 11.3 Å². The van der Waals surface area contributed by atoms with Gasteiger partial charge in [-0.1, -0.05) is 36.9 Å². The highest BCUT2D eigenvalue weighted by Gasteiger charge is 2.17. The number of carbonyl (C=O) groups excluding carboxylic acids is 1. The number of nitrogens with zero attached hydrogens (tertiary/aromatic N) is 1. The van der Waals surface area contributed by atoms with Gasteiger partial charge in [0.2, 0.25) is 5.91 Å². The predicted octanol–water partition coefficient (Wildman–Crippen LogP) is 4.62. The van der Waals surface area contributed by atoms with Crippen molar-refractivity contribution in [3.63, 3.8) is 0 Å². The van der Waals surface area contributed by atoms with Gasteiger partial charge in [-0.2, -0.15) is 0 Å². The van der Waals surface area contributed by atoms with E-state index in [1.807, 2.05) is 19.1 Å². The van der Waals surface area contributed by atoms with Crippen molar-refractivity contribution in [1.29, 1.82) is 0 Å². The van der Waals surface area contributed by atoms with Crippen molar-refractivity contribution in [2.45, 2.75) is 19.9 Å². The monoisotopic (exact) mass is 374 g/mol. The average molecular weight is 374 g/mol. The molecule has 4 heteroatoms. The summed E-state index contributed by atoms with van der Waals surface area (Å²) < 4.78 is 5.94. The van der Waals surface area contributed by atoms with Crippen LogP contribution in [0.2, 0.25) is 0 Å². The molecule has 0 atom stereocenters. The van der Waals surface area contributed by atoms with E-state index in [0.717, 1.165) is 31.8 Å². The minimum absolute atomic E-state index is 0.439. The number of rotatable bonds is 7. The van der Waals surface area contributed by atoms with Crippen LogP contribution in [0, 0.1) is 0 Å². The zero-order chi connectivity index (χ0) is 19.9. The van der Waals surface area contributed by atoms with E-state index in [1.165, 1.54) is 16.7 Å². The molecule has 0 radical (unpaired) electrons. The van der Waals surface area contributed by atoms with Gasteiger partial charge in [-0.15, -0.1) is 0 Å². The van der Waals surface area contributed by atoms with Gasteiger partial charge in [0, 0.05) is 25.2 Å². The molecule has 0 saturated heterocycles. The molecule has 1 amide bonds. The number of hydrogen-bond acceptors (Lipinski definition) is 3. The van der Waals surface area contributed by atoms with Crippen LogP contribution >= 0.6 is 0 Å². The highest BCUT2D eigenvalue weighted by molar-refractivity contribution is 5.92. The molecular weight excluding hydrogens is 348 g/mol. The summed E-state index contributed by atoms with van der Waals surface area (Å²) in [5.74, 6) is 1.05. The second-order valence-electron chi connectivity index (χ2n) is 6.86. The lowest BCUT2D eigenvalue weighted by Gasteiger charge is -2.29. The van der Waals surface area contributed by atoms with Crippen molar-refractivity contribution in [2.75, 3.05) is 13.1 Å². The first-order valence-corrected chi connectivity index (χ1v) is 9.45. The Morgan fingerprint density at radius 2 is 1.93 bits per heavy atom. The van der Waals surface area contributed by atoms with Crippen LogP contribution in [-0.4, -0.2) is 23.9 Å². The maximum atomic E-state index is 11.2. The van der Waals surface area contributed by atoms with Crippen LogP contribution in [-0.2, 0) is 13.0 Å². The summed E-state index contributed by atoms with van der Waals surface area (Å²) in [4.78, 5) is 13.6. The van der Waals surface area contributed by atoms with Gasteiger partial charge in [0.25, 0.3) is 0 Å². The van der Waals surface area contributed by atoms with Crippen LogP contribution in [0.3, 0.4) is 0 Å². The number of hydrogen-bond donors (Lipinski definition) is 1. The van der Waals surface area contributed by atoms with Crippen LogP contribution in [0.4, 0.5) is 0 Å². The topological polar surface area (TPSA) is 55.6 Å². The first-order chi connectivity index (χ1) is 13.6. The largest absolute Gasteiger partial charge is 0.457 e. The molecule has 4 nitrogen and oxygen atoms in total. The van der Waals surface area contributed by atoms with Crippen molar-refractivity contribution in [1.82, 2.24) is 4.90 Å². The molecule has 0 spiro atoms. The lowest BCUT2D eigenvalue weighted by Crippen LogP contribution is -2.31. The highest BCUT2D eigenvalue weighted by atomic mass is 16.5. The zero-order valence-electron chi connectivity index (χ0n) is 16.2. The van der Waals surface area contributed by atoms with Crippen LogP contribution < -0.4 is 10.5 Å². The Morgan fingerprint density at radius 3 is 2.61 bits per heavy atom. The third kappa shape index (κ3) is 4.99. The normalized spacial score (nSPS) is 14.7. The lowest BCUT2D eigenvalue weighted by molar-refractivity contribution is 0.100. The smallest absolute Gasteiger partial charge is 0.248 e. The fourth-order valence-electron chi connectivity index (χ4n) is 3.39. The summed E-state index contributed by atoms with van der Waals surface area (Å²) in [5, 5.41) is 0. The zero-order valence-corrected chi connectivity index (χ0v) is 16.2. The summed E-state index contributed by atoms with van der Waals surface area (Å²) in [6.07, 6.45) is 9.09. The molecule has 144 valence electrons. The molecule has 3 rings (SSSR count). The number of primary amides is 1. The SMILES string of the molecule is C=C/C=C(\C=C/C)CN1CCc2cc(Oc3ccc(C(N)=O)cc3)ccc2C1. The predicted molar refractivity (Wildman–Crippen MR) is 114 cm³/mol. The number of carbonyl (C=O) groups is 1. The maximum Gasteiger partial charge on any atom is 0.248 e. The van der Waals surface area contributed by atoms with Gasteiger partial charge < -0.3 is 10.5 Å². The van der Waals surface area contributed by atoms with Crippen molar-refractivity contribution in [2.24, 2.45) is 5.73 Å². The van der Waals surface area contributed by atoms with Crippen molar-refractivity contribution in [3.05, 3.63) is 95.6 Å². The van der Waals surface area contributed by atoms with E-state index in [1.54, 1.807) is 24.3 Å². The first-order valence-electron chi connectivity index (χ1n) is 9.45. The summed E-state index contributed by atoms with van der Waals surface area (Å²) >= 11 is 0. The Labute approximate surface area is 166 Å². The Balaban J connectivity index is 1.67. The summed E-state index contributed by atoms with van der Waals surface area (Å²) in [6.45, 7) is 8.69. The van der Waals surface area contributed by atoms with E-state index in [4.69, 9.17) is 10.5 Å². The summed E-state index contributed by atoms with van der Waals surface area (Å²) in [6, 6.07) is 13.1. The quantitative estimate of drug-likeness (QED) is 0.719. The minimum Gasteiger partial charge on any atom is -0.457 e. The second kappa shape index (κ2) is 9.20. The lowest BCUT2D eigenvalue weighted by atomic mass is 9.99. The molecule has 0 aromatic heterocycles. The number of ether oxygens (including phenoxy) is 1. The Morgan fingerprint density at radius 1 is 1.18 bits per heavy atom. The van der Waals surface area contributed by atoms with E-state index in [-0.39, 0.29) is 0 Å². The van der Waals surface area contributed by atoms with Crippen molar-refractivity contribution >= 4 is 5.91 Å². The number of allylic oxidation sites excluding steroid dienone is 3. The standard InChI is InChI=1S/C24H26N2O2/c1-3-5-18(6-4-2)16-26-14-13-20-15-23(12-9-21(20)17-26)28-22-10-7-19(8-11-22)24(25)27/h3-12,15H,1,13-14,16-17H2,2H3,(H2,25,27)/b6-4-,18-5+. The van der Waals surface area contributed by atoms with Crippen LogP contribution in [0.15, 0.2) is 78.9 Å². The fraction of sp³-hybridized carbons (Fsp3) is 0.208. The fourth-order valence-corrected chi connectivity index (χ4v) is 3.39. The number of benzene rings is 2. The summed E-state index contributed by atoms with van der Waals surface area (Å²) in [7, 11) is 0. The van der Waals surface area contributed by atoms with Crippen LogP contribution in [0.5, 0.6) is 11.5 Å². The average Bonchev–Trinajstić information content (AvgIpc) is 2.69.